The summed E-state index contributed by atoms with van der Waals surface area (Å²) in [6, 6.07) is -0.398. The lowest BCUT2D eigenvalue weighted by Gasteiger charge is -2.21. The molecule has 14 heavy (non-hydrogen) atoms. The van der Waals surface area contributed by atoms with Crippen molar-refractivity contribution in [2.45, 2.75) is 45.7 Å². The highest BCUT2D eigenvalue weighted by Crippen LogP contribution is 2.07. The number of ether oxygens (including phenoxy) is 1. The molecule has 0 saturated heterocycles. The first-order chi connectivity index (χ1) is 7.17. The van der Waals surface area contributed by atoms with E-state index in [4.69, 9.17) is 7.48 Å². The van der Waals surface area contributed by atoms with E-state index in [1.807, 2.05) is 0 Å². The zero-order valence-electron chi connectivity index (χ0n) is 11.5. The predicted molar refractivity (Wildman–Crippen MR) is 61.8 cm³/mol. The fourth-order valence-corrected chi connectivity index (χ4v) is 1.13. The Bertz CT molecular complexity index is 233. The van der Waals surface area contributed by atoms with Gasteiger partial charge in [0.05, 0.1) is 0 Å². The first-order valence-corrected chi connectivity index (χ1v) is 5.83. The molecule has 0 aromatic rings. The summed E-state index contributed by atoms with van der Waals surface area (Å²) in [6.45, 7) is 7.05. The summed E-state index contributed by atoms with van der Waals surface area (Å²) >= 11 is 1.29. The second-order valence-electron chi connectivity index (χ2n) is 4.00. The van der Waals surface area contributed by atoms with Crippen LogP contribution in [0.5, 0.6) is 0 Å². The van der Waals surface area contributed by atoms with Crippen LogP contribution in [0.25, 0.3) is 0 Å². The van der Waals surface area contributed by atoms with Gasteiger partial charge in [-0.3, -0.25) is 0 Å². The lowest BCUT2D eigenvalue weighted by molar-refractivity contribution is 0.0508. The van der Waals surface area contributed by atoms with Crippen molar-refractivity contribution in [1.29, 1.82) is 0 Å². The number of hydrogen-bond acceptors (Lipinski definition) is 3. The van der Waals surface area contributed by atoms with Crippen LogP contribution in [0.15, 0.2) is 0 Å². The molecule has 0 radical (unpaired) electrons. The number of hydrogen-bond donors (Lipinski definition) is 1. The van der Waals surface area contributed by atoms with Crippen molar-refractivity contribution in [3.8, 4) is 0 Å². The number of rotatable bonds is 4. The number of alkyl carbamates (subject to hydrolysis) is 1. The van der Waals surface area contributed by atoms with Gasteiger partial charge in [-0.15, -0.1) is 0 Å². The highest BCUT2D eigenvalue weighted by molar-refractivity contribution is 7.98. The van der Waals surface area contributed by atoms with E-state index < -0.39 is 29.9 Å². The van der Waals surface area contributed by atoms with Crippen LogP contribution in [0.2, 0.25) is 0 Å². The minimum atomic E-state index is -0.664. The van der Waals surface area contributed by atoms with Gasteiger partial charge in [-0.25, -0.2) is 4.79 Å². The smallest absolute Gasteiger partial charge is 0.407 e. The van der Waals surface area contributed by atoms with Gasteiger partial charge < -0.3 is 10.1 Å². The quantitative estimate of drug-likeness (QED) is 0.793. The summed E-state index contributed by atoms with van der Waals surface area (Å²) < 4.78 is 20.4. The Kier molecular flexibility index (Phi) is 4.47. The molecule has 3 nitrogen and oxygen atoms in total. The Morgan fingerprint density at radius 1 is 1.64 bits per heavy atom. The van der Waals surface area contributed by atoms with E-state index in [9.17, 15) is 4.79 Å². The summed E-state index contributed by atoms with van der Waals surface area (Å²) in [5.41, 5.74) is -1.11. The van der Waals surface area contributed by atoms with Gasteiger partial charge in [0.1, 0.15) is 5.60 Å². The van der Waals surface area contributed by atoms with E-state index in [0.717, 1.165) is 0 Å². The third-order valence-corrected chi connectivity index (χ3v) is 1.68. The van der Waals surface area contributed by atoms with E-state index in [-0.39, 0.29) is 0 Å². The number of carbonyl (C=O) groups is 1. The molecule has 0 saturated carbocycles. The predicted octanol–water partition coefficient (Wildman–Crippen LogP) is 2.65. The largest absolute Gasteiger partial charge is 0.444 e. The summed E-state index contributed by atoms with van der Waals surface area (Å²) in [5.74, 6) is 0. The van der Waals surface area contributed by atoms with E-state index in [1.165, 1.54) is 11.8 Å². The number of amides is 1. The zero-order valence-corrected chi connectivity index (χ0v) is 10.3. The van der Waals surface area contributed by atoms with Crippen LogP contribution < -0.4 is 5.32 Å². The lowest BCUT2D eigenvalue weighted by atomic mass is 10.2. The van der Waals surface area contributed by atoms with Crippen molar-refractivity contribution >= 4 is 17.9 Å². The maximum atomic E-state index is 11.4. The van der Waals surface area contributed by atoms with E-state index >= 15 is 0 Å². The van der Waals surface area contributed by atoms with Gasteiger partial charge in [-0.2, -0.15) is 11.8 Å². The van der Waals surface area contributed by atoms with Crippen molar-refractivity contribution in [3.05, 3.63) is 0 Å². The van der Waals surface area contributed by atoms with Crippen molar-refractivity contribution < 1.29 is 12.3 Å². The van der Waals surface area contributed by atoms with Crippen LogP contribution in [0.1, 0.15) is 36.8 Å². The minimum Gasteiger partial charge on any atom is -0.444 e. The molecular weight excluding hydrogens is 198 g/mol. The minimum absolute atomic E-state index is 0.398. The zero-order chi connectivity index (χ0) is 12.9. The topological polar surface area (TPSA) is 38.3 Å². The maximum Gasteiger partial charge on any atom is 0.407 e. The van der Waals surface area contributed by atoms with E-state index in [1.54, 1.807) is 34.0 Å². The molecule has 0 aromatic heterocycles. The Labute approximate surface area is 93.8 Å². The molecule has 0 heterocycles. The molecule has 0 aliphatic carbocycles. The third-order valence-electron chi connectivity index (χ3n) is 1.25. The van der Waals surface area contributed by atoms with Crippen LogP contribution in [0.4, 0.5) is 4.79 Å². The standard InChI is InChI=1S/C10H21NO2S/c1-8(6-7-14-5)11-9(12)13-10(2,3)4/h8H,6-7H2,1-5H3,(H,11,12)/t8-/m1/s1/i6D,7D/t6?,7?,8-. The van der Waals surface area contributed by atoms with Crippen LogP contribution >= 0.6 is 11.8 Å². The van der Waals surface area contributed by atoms with E-state index in [2.05, 4.69) is 5.32 Å². The molecule has 0 aliphatic rings. The molecule has 3 atom stereocenters. The molecule has 0 spiro atoms. The molecule has 0 aliphatic heterocycles. The number of thioether (sulfide) groups is 1. The lowest BCUT2D eigenvalue weighted by Crippen LogP contribution is -2.37. The Balaban J connectivity index is 4.14. The van der Waals surface area contributed by atoms with Crippen LogP contribution in [0, 0.1) is 0 Å². The van der Waals surface area contributed by atoms with Gasteiger partial charge in [0.2, 0.25) is 0 Å². The van der Waals surface area contributed by atoms with Gasteiger partial charge in [-0.1, -0.05) is 0 Å². The normalized spacial score (nSPS) is 20.1. The van der Waals surface area contributed by atoms with E-state index in [0.29, 0.717) is 0 Å². The summed E-state index contributed by atoms with van der Waals surface area (Å²) in [4.78, 5) is 11.4. The third kappa shape index (κ3) is 8.23. The van der Waals surface area contributed by atoms with Crippen LogP contribution in [-0.4, -0.2) is 29.7 Å². The highest BCUT2D eigenvalue weighted by Gasteiger charge is 2.17. The van der Waals surface area contributed by atoms with Gasteiger partial charge in [0.25, 0.3) is 0 Å². The molecule has 2 unspecified atom stereocenters. The molecule has 0 bridgehead atoms. The van der Waals surface area contributed by atoms with Gasteiger partial charge in [0, 0.05) is 8.78 Å². The molecule has 1 N–H and O–H groups in total. The molecule has 1 amide bonds. The average Bonchev–Trinajstić information content (AvgIpc) is 2.12. The fraction of sp³-hybridized carbons (Fsp3) is 0.900. The Hall–Kier alpha value is -0.380. The molecule has 0 aromatic carbocycles. The van der Waals surface area contributed by atoms with Crippen molar-refractivity contribution in [3.63, 3.8) is 0 Å². The number of nitrogens with one attached hydrogen (secondary N) is 1. The summed E-state index contributed by atoms with van der Waals surface area (Å²) in [6.07, 6.45) is 0.576. The summed E-state index contributed by atoms with van der Waals surface area (Å²) in [7, 11) is 0. The van der Waals surface area contributed by atoms with Gasteiger partial charge in [-0.05, 0) is 46.1 Å². The Morgan fingerprint density at radius 2 is 2.21 bits per heavy atom. The van der Waals surface area contributed by atoms with Crippen molar-refractivity contribution in [1.82, 2.24) is 5.32 Å². The first kappa shape index (κ1) is 10.1. The van der Waals surface area contributed by atoms with Crippen LogP contribution in [0.3, 0.4) is 0 Å². The van der Waals surface area contributed by atoms with Gasteiger partial charge in [0.15, 0.2) is 0 Å². The summed E-state index contributed by atoms with van der Waals surface area (Å²) in [5, 5.41) is 2.57. The maximum absolute atomic E-state index is 11.4. The SMILES string of the molecule is [2H]C(SC)C([2H])[C@@H](C)NC(=O)OC(C)(C)C. The molecule has 84 valence electrons. The monoisotopic (exact) mass is 221 g/mol. The molecule has 4 heteroatoms. The average molecular weight is 221 g/mol. The molecular formula is C10H21NO2S. The fourth-order valence-electron chi connectivity index (χ4n) is 0.738. The van der Waals surface area contributed by atoms with Crippen molar-refractivity contribution in [2.75, 3.05) is 12.0 Å². The van der Waals surface area contributed by atoms with Crippen molar-refractivity contribution in [2.24, 2.45) is 0 Å². The van der Waals surface area contributed by atoms with Crippen LogP contribution in [-0.2, 0) is 4.74 Å². The number of carbonyl (C=O) groups excluding carboxylic acids is 1. The first-order valence-electron chi connectivity index (χ1n) is 5.69. The Morgan fingerprint density at radius 3 is 2.64 bits per heavy atom. The second-order valence-corrected chi connectivity index (χ2v) is 4.74. The highest BCUT2D eigenvalue weighted by atomic mass is 32.2. The second kappa shape index (κ2) is 6.17. The van der Waals surface area contributed by atoms with Gasteiger partial charge >= 0.3 is 6.09 Å². The molecule has 0 fully saturated rings. The molecule has 0 rings (SSSR count).